The van der Waals surface area contributed by atoms with Crippen molar-refractivity contribution in [1.82, 2.24) is 5.32 Å². The molecular weight excluding hydrogens is 321 g/mol. The van der Waals surface area contributed by atoms with Gasteiger partial charge in [0, 0.05) is 28.6 Å². The number of rotatable bonds is 5. The van der Waals surface area contributed by atoms with Gasteiger partial charge in [-0.25, -0.2) is 4.39 Å². The fraction of sp³-hybridized carbons (Fsp3) is 0.625. The summed E-state index contributed by atoms with van der Waals surface area (Å²) in [5.41, 5.74) is 1.22. The van der Waals surface area contributed by atoms with Crippen molar-refractivity contribution in [3.8, 4) is 0 Å². The Morgan fingerprint density at radius 3 is 2.75 bits per heavy atom. The zero-order valence-electron chi connectivity index (χ0n) is 12.5. The van der Waals surface area contributed by atoms with E-state index in [1.807, 2.05) is 13.0 Å². The fourth-order valence-electron chi connectivity index (χ4n) is 2.90. The van der Waals surface area contributed by atoms with Crippen molar-refractivity contribution in [1.29, 1.82) is 0 Å². The summed E-state index contributed by atoms with van der Waals surface area (Å²) in [6, 6.07) is 5.46. The maximum atomic E-state index is 13.1. The number of halogens is 2. The van der Waals surface area contributed by atoms with Gasteiger partial charge < -0.3 is 10.1 Å². The average molecular weight is 344 g/mol. The summed E-state index contributed by atoms with van der Waals surface area (Å²) in [4.78, 5) is 0. The van der Waals surface area contributed by atoms with Crippen LogP contribution < -0.4 is 5.32 Å². The molecule has 1 fully saturated rings. The molecular formula is C16H23BrFNO. The SMILES string of the molecule is CCOC1CC(NC(C)c2ccc(F)cc2Br)C1(C)C. The molecule has 0 radical (unpaired) electrons. The fourth-order valence-corrected chi connectivity index (χ4v) is 3.59. The van der Waals surface area contributed by atoms with E-state index in [2.05, 4.69) is 42.0 Å². The highest BCUT2D eigenvalue weighted by atomic mass is 79.9. The normalized spacial score (nSPS) is 26.1. The molecule has 0 bridgehead atoms. The van der Waals surface area contributed by atoms with E-state index in [-0.39, 0.29) is 17.3 Å². The van der Waals surface area contributed by atoms with Crippen molar-refractivity contribution in [2.75, 3.05) is 6.61 Å². The van der Waals surface area contributed by atoms with Gasteiger partial charge in [-0.2, -0.15) is 0 Å². The van der Waals surface area contributed by atoms with Crippen LogP contribution >= 0.6 is 15.9 Å². The third kappa shape index (κ3) is 3.07. The largest absolute Gasteiger partial charge is 0.378 e. The minimum atomic E-state index is -0.215. The molecule has 112 valence electrons. The lowest BCUT2D eigenvalue weighted by Crippen LogP contribution is -2.61. The average Bonchev–Trinajstić information content (AvgIpc) is 2.37. The van der Waals surface area contributed by atoms with Gasteiger partial charge in [0.2, 0.25) is 0 Å². The topological polar surface area (TPSA) is 21.3 Å². The van der Waals surface area contributed by atoms with Crippen LogP contribution in [0.1, 0.15) is 45.7 Å². The maximum absolute atomic E-state index is 13.1. The number of hydrogen-bond donors (Lipinski definition) is 1. The van der Waals surface area contributed by atoms with Gasteiger partial charge in [-0.15, -0.1) is 0 Å². The first-order valence-corrected chi connectivity index (χ1v) is 7.98. The van der Waals surface area contributed by atoms with Gasteiger partial charge in [0.25, 0.3) is 0 Å². The lowest BCUT2D eigenvalue weighted by Gasteiger charge is -2.52. The first-order chi connectivity index (χ1) is 9.36. The van der Waals surface area contributed by atoms with Crippen molar-refractivity contribution >= 4 is 15.9 Å². The van der Waals surface area contributed by atoms with Crippen LogP contribution in [-0.2, 0) is 4.74 Å². The van der Waals surface area contributed by atoms with E-state index < -0.39 is 0 Å². The lowest BCUT2D eigenvalue weighted by molar-refractivity contribution is -0.116. The van der Waals surface area contributed by atoms with Crippen LogP contribution in [0.3, 0.4) is 0 Å². The summed E-state index contributed by atoms with van der Waals surface area (Å²) in [5.74, 6) is -0.215. The van der Waals surface area contributed by atoms with Crippen molar-refractivity contribution in [3.05, 3.63) is 34.1 Å². The van der Waals surface area contributed by atoms with Gasteiger partial charge in [-0.05, 0) is 38.0 Å². The van der Waals surface area contributed by atoms with Gasteiger partial charge >= 0.3 is 0 Å². The molecule has 1 aliphatic carbocycles. The number of benzene rings is 1. The lowest BCUT2D eigenvalue weighted by atomic mass is 9.64. The third-order valence-electron chi connectivity index (χ3n) is 4.43. The second kappa shape index (κ2) is 6.12. The zero-order valence-corrected chi connectivity index (χ0v) is 14.1. The van der Waals surface area contributed by atoms with Crippen molar-refractivity contribution in [2.45, 2.75) is 52.3 Å². The van der Waals surface area contributed by atoms with E-state index in [9.17, 15) is 4.39 Å². The quantitative estimate of drug-likeness (QED) is 0.853. The van der Waals surface area contributed by atoms with Crippen LogP contribution in [0.5, 0.6) is 0 Å². The zero-order chi connectivity index (χ0) is 14.9. The highest BCUT2D eigenvalue weighted by Crippen LogP contribution is 2.44. The first-order valence-electron chi connectivity index (χ1n) is 7.18. The van der Waals surface area contributed by atoms with Crippen molar-refractivity contribution in [2.24, 2.45) is 5.41 Å². The standard InChI is InChI=1S/C16H23BrFNO/c1-5-20-15-9-14(16(15,3)4)19-10(2)12-7-6-11(18)8-13(12)17/h6-8,10,14-15,19H,5,9H2,1-4H3. The van der Waals surface area contributed by atoms with E-state index in [4.69, 9.17) is 4.74 Å². The summed E-state index contributed by atoms with van der Waals surface area (Å²) in [6.45, 7) is 9.39. The molecule has 3 unspecified atom stereocenters. The molecule has 0 heterocycles. The first kappa shape index (κ1) is 15.9. The molecule has 4 heteroatoms. The Morgan fingerprint density at radius 1 is 1.50 bits per heavy atom. The minimum Gasteiger partial charge on any atom is -0.378 e. The number of nitrogens with one attached hydrogen (secondary N) is 1. The highest BCUT2D eigenvalue weighted by molar-refractivity contribution is 9.10. The molecule has 1 aliphatic rings. The van der Waals surface area contributed by atoms with Crippen LogP contribution in [0.4, 0.5) is 4.39 Å². The smallest absolute Gasteiger partial charge is 0.124 e. The van der Waals surface area contributed by atoms with Gasteiger partial charge in [0.05, 0.1) is 6.10 Å². The van der Waals surface area contributed by atoms with Crippen LogP contribution in [0.2, 0.25) is 0 Å². The number of ether oxygens (including phenoxy) is 1. The summed E-state index contributed by atoms with van der Waals surface area (Å²) >= 11 is 3.44. The molecule has 2 rings (SSSR count). The molecule has 0 aliphatic heterocycles. The second-order valence-electron chi connectivity index (χ2n) is 6.11. The Hall–Kier alpha value is -0.450. The van der Waals surface area contributed by atoms with Gasteiger partial charge in [0.15, 0.2) is 0 Å². The van der Waals surface area contributed by atoms with E-state index >= 15 is 0 Å². The van der Waals surface area contributed by atoms with Crippen LogP contribution in [0.25, 0.3) is 0 Å². The Balaban J connectivity index is 2.01. The third-order valence-corrected chi connectivity index (χ3v) is 5.11. The highest BCUT2D eigenvalue weighted by Gasteiger charge is 2.49. The Kier molecular flexibility index (Phi) is 4.88. The van der Waals surface area contributed by atoms with Crippen molar-refractivity contribution < 1.29 is 9.13 Å². The molecule has 0 saturated heterocycles. The summed E-state index contributed by atoms with van der Waals surface area (Å²) < 4.78 is 19.7. The molecule has 0 aromatic heterocycles. The summed E-state index contributed by atoms with van der Waals surface area (Å²) in [5, 5.41) is 3.64. The predicted molar refractivity (Wildman–Crippen MR) is 83.3 cm³/mol. The Labute approximate surface area is 129 Å². The molecule has 1 N–H and O–H groups in total. The Bertz CT molecular complexity index is 478. The minimum absolute atomic E-state index is 0.136. The van der Waals surface area contributed by atoms with E-state index in [0.717, 1.165) is 23.1 Å². The monoisotopic (exact) mass is 343 g/mol. The van der Waals surface area contributed by atoms with Crippen LogP contribution in [0.15, 0.2) is 22.7 Å². The maximum Gasteiger partial charge on any atom is 0.124 e. The van der Waals surface area contributed by atoms with Crippen LogP contribution in [-0.4, -0.2) is 18.8 Å². The molecule has 2 nitrogen and oxygen atoms in total. The second-order valence-corrected chi connectivity index (χ2v) is 6.96. The van der Waals surface area contributed by atoms with Crippen molar-refractivity contribution in [3.63, 3.8) is 0 Å². The summed E-state index contributed by atoms with van der Waals surface area (Å²) in [7, 11) is 0. The van der Waals surface area contributed by atoms with E-state index in [1.165, 1.54) is 12.1 Å². The van der Waals surface area contributed by atoms with E-state index in [0.29, 0.717) is 12.1 Å². The predicted octanol–water partition coefficient (Wildman–Crippen LogP) is 4.44. The van der Waals surface area contributed by atoms with Gasteiger partial charge in [-0.3, -0.25) is 0 Å². The van der Waals surface area contributed by atoms with E-state index in [1.54, 1.807) is 0 Å². The van der Waals surface area contributed by atoms with Crippen LogP contribution in [0, 0.1) is 11.2 Å². The number of hydrogen-bond acceptors (Lipinski definition) is 2. The van der Waals surface area contributed by atoms with Gasteiger partial charge in [0.1, 0.15) is 5.82 Å². The molecule has 1 saturated carbocycles. The summed E-state index contributed by atoms with van der Waals surface area (Å²) in [6.07, 6.45) is 1.36. The molecule has 0 spiro atoms. The Morgan fingerprint density at radius 2 is 2.20 bits per heavy atom. The molecule has 1 aromatic carbocycles. The molecule has 1 aromatic rings. The van der Waals surface area contributed by atoms with Gasteiger partial charge in [-0.1, -0.05) is 35.8 Å². The molecule has 0 amide bonds. The molecule has 20 heavy (non-hydrogen) atoms. The molecule has 3 atom stereocenters.